The van der Waals surface area contributed by atoms with E-state index in [1.807, 2.05) is 27.8 Å². The Hall–Kier alpha value is -1.14. The van der Waals surface area contributed by atoms with E-state index in [-0.39, 0.29) is 12.1 Å². The van der Waals surface area contributed by atoms with Gasteiger partial charge >= 0.3 is 6.01 Å². The van der Waals surface area contributed by atoms with Gasteiger partial charge in [0.1, 0.15) is 0 Å². The largest absolute Gasteiger partial charge is 0.406 e. The molecule has 2 N–H and O–H groups in total. The van der Waals surface area contributed by atoms with E-state index >= 15 is 0 Å². The third kappa shape index (κ3) is 4.16. The molecule has 0 aliphatic carbocycles. The molecule has 1 rings (SSSR count). The van der Waals surface area contributed by atoms with E-state index < -0.39 is 0 Å². The molecule has 1 heterocycles. The molecule has 0 saturated heterocycles. The maximum atomic E-state index is 5.39. The molecule has 1 aromatic rings. The average Bonchev–Trinajstić information content (AvgIpc) is 2.71. The molecule has 0 radical (unpaired) electrons. The van der Waals surface area contributed by atoms with Gasteiger partial charge in [0.15, 0.2) is 0 Å². The summed E-state index contributed by atoms with van der Waals surface area (Å²) in [7, 11) is 1.85. The number of rotatable bonds is 7. The van der Waals surface area contributed by atoms with Crippen LogP contribution in [0.3, 0.4) is 0 Å². The van der Waals surface area contributed by atoms with Crippen LogP contribution in [0.2, 0.25) is 0 Å². The normalized spacial score (nSPS) is 13.1. The van der Waals surface area contributed by atoms with Crippen LogP contribution in [0.4, 0.5) is 6.01 Å². The van der Waals surface area contributed by atoms with Crippen molar-refractivity contribution in [1.29, 1.82) is 0 Å². The molecule has 0 bridgehead atoms. The van der Waals surface area contributed by atoms with Crippen LogP contribution < -0.4 is 10.6 Å². The quantitative estimate of drug-likeness (QED) is 0.683. The van der Waals surface area contributed by atoms with Crippen molar-refractivity contribution < 1.29 is 9.15 Å². The number of aromatic nitrogens is 2. The van der Waals surface area contributed by atoms with E-state index in [1.54, 1.807) is 0 Å². The summed E-state index contributed by atoms with van der Waals surface area (Å²) in [6.45, 7) is 7.24. The topological polar surface area (TPSA) is 72.2 Å². The van der Waals surface area contributed by atoms with Crippen LogP contribution in [0.25, 0.3) is 0 Å². The van der Waals surface area contributed by atoms with Crippen molar-refractivity contribution in [2.24, 2.45) is 0 Å². The Bertz CT molecular complexity index is 301. The zero-order valence-corrected chi connectivity index (χ0v) is 10.3. The van der Waals surface area contributed by atoms with Crippen molar-refractivity contribution in [3.63, 3.8) is 0 Å². The number of nitrogens with zero attached hydrogens (tertiary/aromatic N) is 2. The van der Waals surface area contributed by atoms with Gasteiger partial charge in [0.05, 0.1) is 18.8 Å². The lowest BCUT2D eigenvalue weighted by molar-refractivity contribution is 0.0868. The van der Waals surface area contributed by atoms with E-state index in [4.69, 9.17) is 9.15 Å². The summed E-state index contributed by atoms with van der Waals surface area (Å²) in [5.74, 6) is 0.578. The summed E-state index contributed by atoms with van der Waals surface area (Å²) >= 11 is 0. The first-order valence-corrected chi connectivity index (χ1v) is 5.49. The Labute approximate surface area is 95.8 Å². The number of ether oxygens (including phenoxy) is 1. The predicted molar refractivity (Wildman–Crippen MR) is 61.4 cm³/mol. The highest BCUT2D eigenvalue weighted by atomic mass is 16.5. The molecule has 0 aliphatic heterocycles. The van der Waals surface area contributed by atoms with Crippen LogP contribution in [0.1, 0.15) is 32.7 Å². The van der Waals surface area contributed by atoms with E-state index in [0.29, 0.717) is 25.1 Å². The zero-order valence-electron chi connectivity index (χ0n) is 10.3. The van der Waals surface area contributed by atoms with Gasteiger partial charge in [-0.1, -0.05) is 5.10 Å². The van der Waals surface area contributed by atoms with Crippen LogP contribution in [0.5, 0.6) is 0 Å². The van der Waals surface area contributed by atoms with Gasteiger partial charge in [-0.25, -0.2) is 0 Å². The Balaban J connectivity index is 2.29. The third-order valence-corrected chi connectivity index (χ3v) is 2.07. The van der Waals surface area contributed by atoms with Gasteiger partial charge in [0.25, 0.3) is 0 Å². The highest BCUT2D eigenvalue weighted by molar-refractivity contribution is 5.16. The fourth-order valence-electron chi connectivity index (χ4n) is 1.06. The number of anilines is 1. The predicted octanol–water partition coefficient (Wildman–Crippen LogP) is 1.19. The second kappa shape index (κ2) is 6.44. The zero-order chi connectivity index (χ0) is 12.0. The van der Waals surface area contributed by atoms with Gasteiger partial charge in [-0.05, 0) is 27.8 Å². The molecule has 0 saturated carbocycles. The van der Waals surface area contributed by atoms with Gasteiger partial charge in [-0.15, -0.1) is 5.10 Å². The molecule has 0 aliphatic rings. The van der Waals surface area contributed by atoms with E-state index in [2.05, 4.69) is 20.8 Å². The lowest BCUT2D eigenvalue weighted by Gasteiger charge is -2.06. The Kier molecular flexibility index (Phi) is 5.21. The fourth-order valence-corrected chi connectivity index (χ4v) is 1.06. The smallest absolute Gasteiger partial charge is 0.315 e. The molecule has 1 unspecified atom stereocenters. The average molecular weight is 228 g/mol. The molecular formula is C10H20N4O2. The SMILES string of the molecule is CNC(C)c1nnc(NCCOC(C)C)o1. The molecule has 92 valence electrons. The molecule has 0 aromatic carbocycles. The van der Waals surface area contributed by atoms with E-state index in [9.17, 15) is 0 Å². The summed E-state index contributed by atoms with van der Waals surface area (Å²) in [5, 5.41) is 13.8. The highest BCUT2D eigenvalue weighted by Gasteiger charge is 2.11. The van der Waals surface area contributed by atoms with Crippen molar-refractivity contribution in [2.45, 2.75) is 32.9 Å². The van der Waals surface area contributed by atoms with Crippen molar-refractivity contribution in [3.05, 3.63) is 5.89 Å². The molecule has 16 heavy (non-hydrogen) atoms. The summed E-state index contributed by atoms with van der Waals surface area (Å²) < 4.78 is 10.8. The van der Waals surface area contributed by atoms with Crippen molar-refractivity contribution in [2.75, 3.05) is 25.5 Å². The molecule has 1 atom stereocenters. The Morgan fingerprint density at radius 2 is 2.06 bits per heavy atom. The fraction of sp³-hybridized carbons (Fsp3) is 0.800. The van der Waals surface area contributed by atoms with E-state index in [1.165, 1.54) is 0 Å². The van der Waals surface area contributed by atoms with Crippen LogP contribution in [0, 0.1) is 0 Å². The summed E-state index contributed by atoms with van der Waals surface area (Å²) in [5.41, 5.74) is 0. The molecule has 6 nitrogen and oxygen atoms in total. The first kappa shape index (κ1) is 12.9. The Morgan fingerprint density at radius 3 is 2.69 bits per heavy atom. The van der Waals surface area contributed by atoms with Gasteiger partial charge in [0, 0.05) is 6.54 Å². The highest BCUT2D eigenvalue weighted by Crippen LogP contribution is 2.12. The standard InChI is InChI=1S/C10H20N4O2/c1-7(2)15-6-5-12-10-14-13-9(16-10)8(3)11-4/h7-8,11H,5-6H2,1-4H3,(H,12,14). The third-order valence-electron chi connectivity index (χ3n) is 2.07. The van der Waals surface area contributed by atoms with Gasteiger partial charge in [-0.2, -0.15) is 0 Å². The molecular weight excluding hydrogens is 208 g/mol. The maximum Gasteiger partial charge on any atom is 0.315 e. The minimum atomic E-state index is 0.0648. The van der Waals surface area contributed by atoms with Crippen molar-refractivity contribution in [1.82, 2.24) is 15.5 Å². The number of hydrogen-bond donors (Lipinski definition) is 2. The minimum absolute atomic E-state index is 0.0648. The molecule has 0 amide bonds. The minimum Gasteiger partial charge on any atom is -0.406 e. The van der Waals surface area contributed by atoms with Crippen LogP contribution >= 0.6 is 0 Å². The molecule has 0 spiro atoms. The van der Waals surface area contributed by atoms with E-state index in [0.717, 1.165) is 0 Å². The van der Waals surface area contributed by atoms with Crippen molar-refractivity contribution in [3.8, 4) is 0 Å². The first-order valence-electron chi connectivity index (χ1n) is 5.49. The van der Waals surface area contributed by atoms with Crippen LogP contribution in [0.15, 0.2) is 4.42 Å². The molecule has 6 heteroatoms. The van der Waals surface area contributed by atoms with Crippen LogP contribution in [-0.2, 0) is 4.74 Å². The lowest BCUT2D eigenvalue weighted by Crippen LogP contribution is -2.13. The van der Waals surface area contributed by atoms with Crippen LogP contribution in [-0.4, -0.2) is 36.5 Å². The molecule has 1 aromatic heterocycles. The monoisotopic (exact) mass is 228 g/mol. The van der Waals surface area contributed by atoms with Gasteiger partial charge in [0.2, 0.25) is 5.89 Å². The second-order valence-corrected chi connectivity index (χ2v) is 3.80. The van der Waals surface area contributed by atoms with Gasteiger partial charge < -0.3 is 19.8 Å². The summed E-state index contributed by atoms with van der Waals surface area (Å²) in [6, 6.07) is 0.499. The summed E-state index contributed by atoms with van der Waals surface area (Å²) in [4.78, 5) is 0. The number of nitrogens with one attached hydrogen (secondary N) is 2. The molecule has 0 fully saturated rings. The number of hydrogen-bond acceptors (Lipinski definition) is 6. The lowest BCUT2D eigenvalue weighted by atomic mass is 10.3. The summed E-state index contributed by atoms with van der Waals surface area (Å²) in [6.07, 6.45) is 0.240. The Morgan fingerprint density at radius 1 is 1.31 bits per heavy atom. The van der Waals surface area contributed by atoms with Gasteiger partial charge in [-0.3, -0.25) is 0 Å². The maximum absolute atomic E-state index is 5.39. The second-order valence-electron chi connectivity index (χ2n) is 3.80. The van der Waals surface area contributed by atoms with Crippen molar-refractivity contribution >= 4 is 6.01 Å². The first-order chi connectivity index (χ1) is 7.63.